The number of nitrogens with zero attached hydrogens (tertiary/aromatic N) is 5. The average Bonchev–Trinajstić information content (AvgIpc) is 3.69. The highest BCUT2D eigenvalue weighted by Gasteiger charge is 2.23. The van der Waals surface area contributed by atoms with Crippen molar-refractivity contribution in [2.75, 3.05) is 109 Å². The standard InChI is InChI=1S/C44H59N7O7/c1-32-15-18-37(39(30-32)58-27-10-6-9-26-56-25-8-5-7-14-40(52)50-21-19-48(2)20-22-50)49(3)43(54)33-16-17-35(38(31-33)55-4)45-42(53)34-12-11-13-36-41(34)47-44(46-36)51-23-28-57-29-24-51/h11-13,15-18,30-31H,5-10,14,19-29H2,1-4H3,(H,45,53)(H,46,47). The lowest BCUT2D eigenvalue weighted by Gasteiger charge is -2.32. The number of amides is 3. The van der Waals surface area contributed by atoms with Crippen LogP contribution in [0.5, 0.6) is 11.5 Å². The summed E-state index contributed by atoms with van der Waals surface area (Å²) in [5.41, 5.74) is 4.27. The van der Waals surface area contributed by atoms with E-state index >= 15 is 0 Å². The molecule has 3 aromatic carbocycles. The molecule has 2 fully saturated rings. The third-order valence-electron chi connectivity index (χ3n) is 10.8. The first-order valence-corrected chi connectivity index (χ1v) is 20.6. The van der Waals surface area contributed by atoms with Gasteiger partial charge in [0, 0.05) is 71.5 Å². The van der Waals surface area contributed by atoms with E-state index in [-0.39, 0.29) is 17.7 Å². The maximum atomic E-state index is 13.8. The second-order valence-corrected chi connectivity index (χ2v) is 15.1. The van der Waals surface area contributed by atoms with E-state index in [1.807, 2.05) is 42.2 Å². The van der Waals surface area contributed by atoms with Crippen LogP contribution in [0.2, 0.25) is 0 Å². The molecule has 0 radical (unpaired) electrons. The predicted molar refractivity (Wildman–Crippen MR) is 227 cm³/mol. The van der Waals surface area contributed by atoms with Crippen LogP contribution >= 0.6 is 0 Å². The normalized spacial score (nSPS) is 14.8. The summed E-state index contributed by atoms with van der Waals surface area (Å²) in [6, 6.07) is 16.2. The molecule has 0 aliphatic carbocycles. The quantitative estimate of drug-likeness (QED) is 0.106. The highest BCUT2D eigenvalue weighted by molar-refractivity contribution is 6.13. The molecule has 3 heterocycles. The van der Waals surface area contributed by atoms with Crippen molar-refractivity contribution in [3.63, 3.8) is 0 Å². The van der Waals surface area contributed by atoms with E-state index in [4.69, 9.17) is 23.9 Å². The molecule has 4 aromatic rings. The van der Waals surface area contributed by atoms with E-state index in [9.17, 15) is 14.4 Å². The molecule has 3 amide bonds. The molecule has 0 saturated carbocycles. The van der Waals surface area contributed by atoms with Crippen LogP contribution in [-0.2, 0) is 14.3 Å². The van der Waals surface area contributed by atoms with Crippen molar-refractivity contribution in [1.29, 1.82) is 0 Å². The van der Waals surface area contributed by atoms with Crippen LogP contribution in [-0.4, -0.2) is 131 Å². The van der Waals surface area contributed by atoms with Gasteiger partial charge in [-0.1, -0.05) is 18.6 Å². The van der Waals surface area contributed by atoms with E-state index in [0.717, 1.165) is 95.5 Å². The van der Waals surface area contributed by atoms with Crippen LogP contribution < -0.4 is 24.6 Å². The highest BCUT2D eigenvalue weighted by Crippen LogP contribution is 2.32. The minimum atomic E-state index is -0.341. The second-order valence-electron chi connectivity index (χ2n) is 15.1. The topological polar surface area (TPSA) is 142 Å². The number of benzene rings is 3. The largest absolute Gasteiger partial charge is 0.495 e. The van der Waals surface area contributed by atoms with E-state index in [1.165, 1.54) is 7.11 Å². The van der Waals surface area contributed by atoms with Crippen molar-refractivity contribution in [1.82, 2.24) is 19.8 Å². The van der Waals surface area contributed by atoms with Crippen molar-refractivity contribution >= 4 is 46.1 Å². The molecule has 14 nitrogen and oxygen atoms in total. The average molecular weight is 798 g/mol. The number of anilines is 3. The Morgan fingerprint density at radius 2 is 1.60 bits per heavy atom. The molecule has 2 aliphatic heterocycles. The summed E-state index contributed by atoms with van der Waals surface area (Å²) in [6.07, 6.45) is 6.27. The van der Waals surface area contributed by atoms with Gasteiger partial charge >= 0.3 is 0 Å². The summed E-state index contributed by atoms with van der Waals surface area (Å²) in [5.74, 6) is 1.39. The molecular weight excluding hydrogens is 739 g/mol. The zero-order valence-electron chi connectivity index (χ0n) is 34.5. The summed E-state index contributed by atoms with van der Waals surface area (Å²) in [5, 5.41) is 2.95. The number of H-pyrrole nitrogens is 1. The number of imidazole rings is 1. The van der Waals surface area contributed by atoms with Crippen molar-refractivity contribution < 1.29 is 33.3 Å². The minimum absolute atomic E-state index is 0.249. The lowest BCUT2D eigenvalue weighted by Crippen LogP contribution is -2.47. The molecule has 0 unspecified atom stereocenters. The number of unbranched alkanes of at least 4 members (excludes halogenated alkanes) is 4. The van der Waals surface area contributed by atoms with Gasteiger partial charge in [-0.15, -0.1) is 0 Å². The van der Waals surface area contributed by atoms with Gasteiger partial charge in [0.15, 0.2) is 0 Å². The molecule has 312 valence electrons. The van der Waals surface area contributed by atoms with E-state index in [2.05, 4.69) is 27.1 Å². The Labute approximate surface area is 341 Å². The number of ether oxygens (including phenoxy) is 4. The van der Waals surface area contributed by atoms with Crippen LogP contribution in [0.1, 0.15) is 71.2 Å². The first-order valence-electron chi connectivity index (χ1n) is 20.6. The van der Waals surface area contributed by atoms with Crippen molar-refractivity contribution in [2.24, 2.45) is 0 Å². The monoisotopic (exact) mass is 797 g/mol. The Bertz CT molecular complexity index is 1990. The number of likely N-dealkylation sites (N-methyl/N-ethyl adjacent to an activating group) is 1. The maximum absolute atomic E-state index is 13.8. The molecule has 14 heteroatoms. The number of methoxy groups -OCH3 is 1. The Kier molecular flexibility index (Phi) is 15.4. The van der Waals surface area contributed by atoms with Crippen LogP contribution in [0.25, 0.3) is 11.0 Å². The van der Waals surface area contributed by atoms with E-state index < -0.39 is 0 Å². The molecule has 6 rings (SSSR count). The summed E-state index contributed by atoms with van der Waals surface area (Å²) in [6.45, 7) is 10.2. The number of nitrogens with one attached hydrogen (secondary N) is 2. The van der Waals surface area contributed by atoms with Crippen LogP contribution in [0, 0.1) is 6.92 Å². The number of morpholine rings is 1. The van der Waals surface area contributed by atoms with Gasteiger partial charge in [0.25, 0.3) is 11.8 Å². The number of piperazine rings is 1. The molecule has 2 saturated heterocycles. The van der Waals surface area contributed by atoms with Crippen LogP contribution in [0.3, 0.4) is 0 Å². The van der Waals surface area contributed by atoms with E-state index in [0.29, 0.717) is 78.3 Å². The van der Waals surface area contributed by atoms with Gasteiger partial charge in [-0.2, -0.15) is 0 Å². The second kappa shape index (κ2) is 21.0. The van der Waals surface area contributed by atoms with Gasteiger partial charge in [0.2, 0.25) is 11.9 Å². The van der Waals surface area contributed by atoms with Gasteiger partial charge in [-0.25, -0.2) is 4.98 Å². The fourth-order valence-electron chi connectivity index (χ4n) is 7.20. The number of aromatic amines is 1. The fraction of sp³-hybridized carbons (Fsp3) is 0.500. The highest BCUT2D eigenvalue weighted by atomic mass is 16.5. The number of hydrogen-bond acceptors (Lipinski definition) is 10. The maximum Gasteiger partial charge on any atom is 0.258 e. The molecule has 1 aromatic heterocycles. The minimum Gasteiger partial charge on any atom is -0.495 e. The third kappa shape index (κ3) is 11.3. The summed E-state index contributed by atoms with van der Waals surface area (Å²) in [7, 11) is 5.33. The molecule has 2 aliphatic rings. The third-order valence-corrected chi connectivity index (χ3v) is 10.8. The van der Waals surface area contributed by atoms with Crippen LogP contribution in [0.15, 0.2) is 54.6 Å². The number of fused-ring (bicyclic) bond motifs is 1. The molecular formula is C44H59N7O7. The van der Waals surface area contributed by atoms with Gasteiger partial charge in [-0.3, -0.25) is 14.4 Å². The molecule has 0 atom stereocenters. The molecule has 2 N–H and O–H groups in total. The Morgan fingerprint density at radius 1 is 0.862 bits per heavy atom. The summed E-state index contributed by atoms with van der Waals surface area (Å²) in [4.78, 5) is 55.8. The summed E-state index contributed by atoms with van der Waals surface area (Å²) >= 11 is 0. The number of hydrogen-bond donors (Lipinski definition) is 2. The molecule has 0 spiro atoms. The number of carbonyl (C=O) groups is 3. The lowest BCUT2D eigenvalue weighted by atomic mass is 10.1. The van der Waals surface area contributed by atoms with Gasteiger partial charge in [0.1, 0.15) is 17.0 Å². The fourth-order valence-corrected chi connectivity index (χ4v) is 7.20. The number of aryl methyl sites for hydroxylation is 1. The number of carbonyl (C=O) groups excluding carboxylic acids is 3. The van der Waals surface area contributed by atoms with Gasteiger partial charge in [-0.05, 0) is 94.1 Å². The Balaban J connectivity index is 0.946. The van der Waals surface area contributed by atoms with Gasteiger partial charge in [0.05, 0.1) is 49.4 Å². The number of para-hydroxylation sites is 1. The first kappa shape index (κ1) is 42.4. The van der Waals surface area contributed by atoms with E-state index in [1.54, 1.807) is 36.2 Å². The zero-order chi connectivity index (χ0) is 40.9. The smallest absolute Gasteiger partial charge is 0.258 e. The Morgan fingerprint density at radius 3 is 2.36 bits per heavy atom. The van der Waals surface area contributed by atoms with Crippen molar-refractivity contribution in [2.45, 2.75) is 51.9 Å². The lowest BCUT2D eigenvalue weighted by molar-refractivity contribution is -0.132. The Hall–Kier alpha value is -5.18. The van der Waals surface area contributed by atoms with Crippen LogP contribution in [0.4, 0.5) is 17.3 Å². The van der Waals surface area contributed by atoms with Gasteiger partial charge < -0.3 is 48.8 Å². The number of rotatable bonds is 19. The van der Waals surface area contributed by atoms with Crippen molar-refractivity contribution in [3.05, 3.63) is 71.3 Å². The SMILES string of the molecule is COc1cc(C(=O)N(C)c2ccc(C)cc2OCCCCCOCCCCCC(=O)N2CCN(C)CC2)ccc1NC(=O)c1cccc2[nH]c(N3CCOCC3)nc12. The predicted octanol–water partition coefficient (Wildman–Crippen LogP) is 6.15. The first-order chi connectivity index (χ1) is 28.2. The molecule has 0 bridgehead atoms. The van der Waals surface area contributed by atoms with Crippen molar-refractivity contribution in [3.8, 4) is 11.5 Å². The summed E-state index contributed by atoms with van der Waals surface area (Å²) < 4.78 is 23.2. The number of aromatic nitrogens is 2. The molecule has 58 heavy (non-hydrogen) atoms. The zero-order valence-corrected chi connectivity index (χ0v) is 34.5.